The molecule has 1 aromatic carbocycles. The second-order valence-electron chi connectivity index (χ2n) is 7.19. The lowest BCUT2D eigenvalue weighted by atomic mass is 9.80. The maximum Gasteiger partial charge on any atom is 0.251 e. The molecule has 2 aliphatic rings. The van der Waals surface area contributed by atoms with Crippen molar-refractivity contribution in [3.63, 3.8) is 0 Å². The number of furan rings is 1. The van der Waals surface area contributed by atoms with Gasteiger partial charge in [-0.2, -0.15) is 0 Å². The summed E-state index contributed by atoms with van der Waals surface area (Å²) in [6, 6.07) is 10.2. The molecule has 0 radical (unpaired) electrons. The van der Waals surface area contributed by atoms with Crippen molar-refractivity contribution in [3.05, 3.63) is 66.0 Å². The summed E-state index contributed by atoms with van der Waals surface area (Å²) in [4.78, 5) is 25.0. The Bertz CT molecular complexity index is 887. The van der Waals surface area contributed by atoms with Crippen molar-refractivity contribution < 1.29 is 28.2 Å². The molecular formula is C22H23NO6. The summed E-state index contributed by atoms with van der Waals surface area (Å²) in [7, 11) is 1.68. The van der Waals surface area contributed by atoms with Crippen molar-refractivity contribution in [1.82, 2.24) is 5.32 Å². The normalized spacial score (nSPS) is 23.6. The highest BCUT2D eigenvalue weighted by Crippen LogP contribution is 2.34. The molecule has 1 aliphatic carbocycles. The maximum atomic E-state index is 12.7. The number of amides is 1. The van der Waals surface area contributed by atoms with Crippen LogP contribution in [0.15, 0.2) is 59.1 Å². The summed E-state index contributed by atoms with van der Waals surface area (Å²) in [6.07, 6.45) is 5.19. The van der Waals surface area contributed by atoms with E-state index in [-0.39, 0.29) is 35.6 Å². The van der Waals surface area contributed by atoms with E-state index in [2.05, 4.69) is 5.32 Å². The lowest BCUT2D eigenvalue weighted by Gasteiger charge is -2.36. The molecule has 1 N–H and O–H groups in total. The minimum absolute atomic E-state index is 0.0453. The third-order valence-electron chi connectivity index (χ3n) is 5.35. The zero-order chi connectivity index (χ0) is 20.2. The molecule has 3 atom stereocenters. The van der Waals surface area contributed by atoms with Gasteiger partial charge >= 0.3 is 0 Å². The number of nitrogens with one attached hydrogen (secondary N) is 1. The van der Waals surface area contributed by atoms with Crippen LogP contribution in [-0.2, 0) is 20.8 Å². The smallest absolute Gasteiger partial charge is 0.251 e. The number of methoxy groups -OCH3 is 1. The fourth-order valence-corrected chi connectivity index (χ4v) is 3.71. The molecule has 3 unspecified atom stereocenters. The van der Waals surface area contributed by atoms with E-state index in [1.165, 1.54) is 6.26 Å². The van der Waals surface area contributed by atoms with Crippen molar-refractivity contribution in [1.29, 1.82) is 0 Å². The molecule has 1 aromatic heterocycles. The second kappa shape index (κ2) is 8.53. The minimum atomic E-state index is -0.220. The first-order valence-corrected chi connectivity index (χ1v) is 9.65. The van der Waals surface area contributed by atoms with E-state index in [0.717, 1.165) is 12.8 Å². The number of Topliss-reactive ketones (excluding diaryl/α,β-unsaturated/α-hetero) is 1. The monoisotopic (exact) mass is 397 g/mol. The molecule has 0 bridgehead atoms. The molecule has 1 saturated carbocycles. The van der Waals surface area contributed by atoms with Crippen LogP contribution in [0.3, 0.4) is 0 Å². The third kappa shape index (κ3) is 4.35. The van der Waals surface area contributed by atoms with E-state index in [1.807, 2.05) is 0 Å². The first-order chi connectivity index (χ1) is 14.1. The van der Waals surface area contributed by atoms with Gasteiger partial charge in [-0.25, -0.2) is 0 Å². The van der Waals surface area contributed by atoms with Crippen molar-refractivity contribution in [2.75, 3.05) is 7.11 Å². The van der Waals surface area contributed by atoms with Gasteiger partial charge in [-0.1, -0.05) is 0 Å². The van der Waals surface area contributed by atoms with E-state index >= 15 is 0 Å². The van der Waals surface area contributed by atoms with Gasteiger partial charge in [-0.15, -0.1) is 0 Å². The number of allylic oxidation sites excluding steroid dienone is 1. The molecule has 152 valence electrons. The Balaban J connectivity index is 1.35. The van der Waals surface area contributed by atoms with Crippen LogP contribution < -0.4 is 10.1 Å². The van der Waals surface area contributed by atoms with Crippen LogP contribution in [0.4, 0.5) is 0 Å². The predicted molar refractivity (Wildman–Crippen MR) is 103 cm³/mol. The average molecular weight is 397 g/mol. The van der Waals surface area contributed by atoms with Crippen LogP contribution in [0, 0.1) is 5.92 Å². The minimum Gasteiger partial charge on any atom is -0.493 e. The Kier molecular flexibility index (Phi) is 5.67. The van der Waals surface area contributed by atoms with Crippen LogP contribution >= 0.6 is 0 Å². The molecule has 0 saturated heterocycles. The highest BCUT2D eigenvalue weighted by atomic mass is 16.5. The van der Waals surface area contributed by atoms with Gasteiger partial charge in [0.05, 0.1) is 24.8 Å². The van der Waals surface area contributed by atoms with Gasteiger partial charge in [0.25, 0.3) is 5.91 Å². The first kappa shape index (κ1) is 19.3. The zero-order valence-corrected chi connectivity index (χ0v) is 16.1. The largest absolute Gasteiger partial charge is 0.493 e. The number of hydrogen-bond acceptors (Lipinski definition) is 6. The highest BCUT2D eigenvalue weighted by Gasteiger charge is 2.41. The van der Waals surface area contributed by atoms with Gasteiger partial charge in [-0.05, 0) is 49.2 Å². The summed E-state index contributed by atoms with van der Waals surface area (Å²) >= 11 is 0. The van der Waals surface area contributed by atoms with Gasteiger partial charge in [0.15, 0.2) is 0 Å². The molecule has 1 amide bonds. The fraction of sp³-hybridized carbons (Fsp3) is 0.364. The maximum absolute atomic E-state index is 12.7. The van der Waals surface area contributed by atoms with Crippen molar-refractivity contribution in [2.45, 2.75) is 38.0 Å². The van der Waals surface area contributed by atoms with Crippen LogP contribution in [0.5, 0.6) is 5.75 Å². The second-order valence-corrected chi connectivity index (χ2v) is 7.19. The van der Waals surface area contributed by atoms with Crippen LogP contribution in [-0.4, -0.2) is 31.0 Å². The summed E-state index contributed by atoms with van der Waals surface area (Å²) in [5, 5.41) is 2.78. The summed E-state index contributed by atoms with van der Waals surface area (Å²) in [6.45, 7) is 0.315. The number of fused-ring (bicyclic) bond motifs is 1. The molecule has 4 rings (SSSR count). The topological polar surface area (TPSA) is 87.0 Å². The van der Waals surface area contributed by atoms with Gasteiger partial charge in [0.2, 0.25) is 11.5 Å². The van der Waals surface area contributed by atoms with Gasteiger partial charge < -0.3 is 23.9 Å². The molecule has 0 spiro atoms. The lowest BCUT2D eigenvalue weighted by Crippen LogP contribution is -2.42. The van der Waals surface area contributed by atoms with Crippen LogP contribution in [0.25, 0.3) is 0 Å². The average Bonchev–Trinajstić information content (AvgIpc) is 3.28. The zero-order valence-electron chi connectivity index (χ0n) is 16.1. The molecule has 29 heavy (non-hydrogen) atoms. The Hall–Kier alpha value is -3.06. The quantitative estimate of drug-likeness (QED) is 0.805. The molecular weight excluding hydrogens is 374 g/mol. The number of hydrogen-bond donors (Lipinski definition) is 1. The van der Waals surface area contributed by atoms with Crippen LogP contribution in [0.2, 0.25) is 0 Å². The molecule has 7 heteroatoms. The van der Waals surface area contributed by atoms with E-state index in [9.17, 15) is 9.59 Å². The fourth-order valence-electron chi connectivity index (χ4n) is 3.71. The summed E-state index contributed by atoms with van der Waals surface area (Å²) < 4.78 is 22.0. The predicted octanol–water partition coefficient (Wildman–Crippen LogP) is 3.21. The van der Waals surface area contributed by atoms with Gasteiger partial charge in [-0.3, -0.25) is 9.59 Å². The number of rotatable bonds is 6. The molecule has 2 heterocycles. The van der Waals surface area contributed by atoms with Gasteiger partial charge in [0, 0.05) is 19.1 Å². The number of ketones is 1. The lowest BCUT2D eigenvalue weighted by molar-refractivity contribution is -0.133. The molecule has 2 aromatic rings. The first-order valence-electron chi connectivity index (χ1n) is 9.65. The van der Waals surface area contributed by atoms with Crippen LogP contribution in [0.1, 0.15) is 35.4 Å². The number of carbonyl (C=O) groups is 2. The van der Waals surface area contributed by atoms with E-state index in [0.29, 0.717) is 30.0 Å². The van der Waals surface area contributed by atoms with Gasteiger partial charge in [0.1, 0.15) is 23.9 Å². The molecule has 1 fully saturated rings. The molecule has 7 nitrogen and oxygen atoms in total. The molecule has 1 aliphatic heterocycles. The Morgan fingerprint density at radius 2 is 2.03 bits per heavy atom. The Morgan fingerprint density at radius 1 is 1.21 bits per heavy atom. The summed E-state index contributed by atoms with van der Waals surface area (Å²) in [5.41, 5.74) is 0.488. The van der Waals surface area contributed by atoms with E-state index in [1.54, 1.807) is 49.8 Å². The Labute approximate surface area is 168 Å². The van der Waals surface area contributed by atoms with Crippen molar-refractivity contribution >= 4 is 11.7 Å². The SMILES string of the molecule is COC1CCC2C(=O)C(Oc3ccc(C(=O)NCc4ccco4)cc3)=COC2C1. The number of benzene rings is 1. The standard InChI is InChI=1S/C22H23NO6/c1-26-16-8-9-18-19(11-16)28-13-20(21(18)24)29-15-6-4-14(5-7-15)22(25)23-12-17-3-2-10-27-17/h2-7,10,13,16,18-19H,8-9,11-12H2,1H3,(H,23,25). The Morgan fingerprint density at radius 3 is 2.76 bits per heavy atom. The number of carbonyl (C=O) groups excluding carboxylic acids is 2. The number of ether oxygens (including phenoxy) is 3. The van der Waals surface area contributed by atoms with Crippen molar-refractivity contribution in [3.8, 4) is 5.75 Å². The summed E-state index contributed by atoms with van der Waals surface area (Å²) in [5.74, 6) is 0.877. The third-order valence-corrected chi connectivity index (χ3v) is 5.35. The van der Waals surface area contributed by atoms with Crippen molar-refractivity contribution in [2.24, 2.45) is 5.92 Å². The highest BCUT2D eigenvalue weighted by molar-refractivity contribution is 5.97. The van der Waals surface area contributed by atoms with E-state index < -0.39 is 0 Å². The van der Waals surface area contributed by atoms with E-state index in [4.69, 9.17) is 18.6 Å².